The number of nitrogens with one attached hydrogen (secondary N) is 1. The molecule has 0 aliphatic carbocycles. The molecule has 0 bridgehead atoms. The van der Waals surface area contributed by atoms with E-state index in [1.807, 2.05) is 24.0 Å². The van der Waals surface area contributed by atoms with Gasteiger partial charge >= 0.3 is 6.03 Å². The third-order valence-electron chi connectivity index (χ3n) is 3.18. The number of carbonyl (C=O) groups excluding carboxylic acids is 1. The molecule has 1 aliphatic heterocycles. The van der Waals surface area contributed by atoms with Crippen LogP contribution in [0.4, 0.5) is 10.6 Å². The van der Waals surface area contributed by atoms with E-state index >= 15 is 0 Å². The summed E-state index contributed by atoms with van der Waals surface area (Å²) in [6.45, 7) is 5.83. The summed E-state index contributed by atoms with van der Waals surface area (Å²) in [6, 6.07) is 3.79. The Bertz CT molecular complexity index is 405. The van der Waals surface area contributed by atoms with Crippen molar-refractivity contribution in [2.45, 2.75) is 26.7 Å². The minimum atomic E-state index is -0.0293. The minimum Gasteiger partial charge on any atom is -0.324 e. The van der Waals surface area contributed by atoms with Gasteiger partial charge in [0.05, 0.1) is 0 Å². The van der Waals surface area contributed by atoms with E-state index in [9.17, 15) is 4.79 Å². The summed E-state index contributed by atoms with van der Waals surface area (Å²) in [5.74, 6) is 1.26. The van der Waals surface area contributed by atoms with Crippen molar-refractivity contribution in [3.63, 3.8) is 0 Å². The number of piperidine rings is 1. The van der Waals surface area contributed by atoms with Gasteiger partial charge in [-0.25, -0.2) is 9.78 Å². The number of amides is 2. The zero-order valence-corrected chi connectivity index (χ0v) is 10.4. The molecule has 17 heavy (non-hydrogen) atoms. The molecule has 2 heterocycles. The average Bonchev–Trinajstić information content (AvgIpc) is 2.32. The van der Waals surface area contributed by atoms with Gasteiger partial charge < -0.3 is 4.90 Å². The number of hydrogen-bond acceptors (Lipinski definition) is 2. The Morgan fingerprint density at radius 2 is 2.41 bits per heavy atom. The highest BCUT2D eigenvalue weighted by Crippen LogP contribution is 2.17. The number of pyridine rings is 1. The van der Waals surface area contributed by atoms with E-state index in [2.05, 4.69) is 17.2 Å². The molecule has 0 radical (unpaired) electrons. The number of carbonyl (C=O) groups is 1. The Kier molecular flexibility index (Phi) is 3.61. The van der Waals surface area contributed by atoms with E-state index < -0.39 is 0 Å². The molecule has 1 unspecified atom stereocenters. The van der Waals surface area contributed by atoms with Crippen molar-refractivity contribution < 1.29 is 4.79 Å². The lowest BCUT2D eigenvalue weighted by molar-refractivity contribution is 0.182. The second kappa shape index (κ2) is 5.17. The Labute approximate surface area is 102 Å². The smallest absolute Gasteiger partial charge is 0.323 e. The van der Waals surface area contributed by atoms with Crippen molar-refractivity contribution in [2.75, 3.05) is 18.4 Å². The second-order valence-corrected chi connectivity index (χ2v) is 4.79. The topological polar surface area (TPSA) is 45.2 Å². The molecular formula is C13H19N3O. The molecule has 92 valence electrons. The van der Waals surface area contributed by atoms with Crippen LogP contribution in [0.25, 0.3) is 0 Å². The molecule has 1 fully saturated rings. The highest BCUT2D eigenvalue weighted by Gasteiger charge is 2.21. The van der Waals surface area contributed by atoms with E-state index in [0.717, 1.165) is 25.1 Å². The third-order valence-corrected chi connectivity index (χ3v) is 3.18. The molecule has 0 saturated carbocycles. The normalized spacial score (nSPS) is 20.1. The predicted molar refractivity (Wildman–Crippen MR) is 68.0 cm³/mol. The van der Waals surface area contributed by atoms with E-state index in [1.165, 1.54) is 6.42 Å². The molecule has 0 aromatic carbocycles. The van der Waals surface area contributed by atoms with E-state index in [4.69, 9.17) is 0 Å². The quantitative estimate of drug-likeness (QED) is 0.810. The van der Waals surface area contributed by atoms with Crippen LogP contribution in [0.3, 0.4) is 0 Å². The Hall–Kier alpha value is -1.58. The highest BCUT2D eigenvalue weighted by atomic mass is 16.2. The number of rotatable bonds is 1. The second-order valence-electron chi connectivity index (χ2n) is 4.79. The van der Waals surface area contributed by atoms with Gasteiger partial charge in [-0.1, -0.05) is 13.0 Å². The molecular weight excluding hydrogens is 214 g/mol. The van der Waals surface area contributed by atoms with Gasteiger partial charge in [-0.3, -0.25) is 5.32 Å². The molecule has 1 aliphatic rings. The van der Waals surface area contributed by atoms with Gasteiger partial charge in [-0.2, -0.15) is 0 Å². The summed E-state index contributed by atoms with van der Waals surface area (Å²) >= 11 is 0. The average molecular weight is 233 g/mol. The molecule has 1 N–H and O–H groups in total. The number of anilines is 1. The Balaban J connectivity index is 1.99. The summed E-state index contributed by atoms with van der Waals surface area (Å²) in [5.41, 5.74) is 0.992. The van der Waals surface area contributed by atoms with Crippen LogP contribution in [0.2, 0.25) is 0 Å². The fraction of sp³-hybridized carbons (Fsp3) is 0.538. The Morgan fingerprint density at radius 3 is 3.12 bits per heavy atom. The summed E-state index contributed by atoms with van der Waals surface area (Å²) in [7, 11) is 0. The van der Waals surface area contributed by atoms with Gasteiger partial charge in [0.15, 0.2) is 0 Å². The third kappa shape index (κ3) is 2.96. The van der Waals surface area contributed by atoms with E-state index in [-0.39, 0.29) is 6.03 Å². The zero-order chi connectivity index (χ0) is 12.3. The number of aromatic nitrogens is 1. The van der Waals surface area contributed by atoms with Gasteiger partial charge in [-0.05, 0) is 37.3 Å². The van der Waals surface area contributed by atoms with Gasteiger partial charge in [-0.15, -0.1) is 0 Å². The van der Waals surface area contributed by atoms with Crippen LogP contribution in [-0.4, -0.2) is 29.0 Å². The first-order chi connectivity index (χ1) is 8.16. The molecule has 4 nitrogen and oxygen atoms in total. The van der Waals surface area contributed by atoms with Crippen molar-refractivity contribution >= 4 is 11.8 Å². The molecule has 1 saturated heterocycles. The van der Waals surface area contributed by atoms with Crippen molar-refractivity contribution in [1.29, 1.82) is 0 Å². The van der Waals surface area contributed by atoms with Crippen LogP contribution < -0.4 is 5.32 Å². The molecule has 0 spiro atoms. The van der Waals surface area contributed by atoms with Crippen LogP contribution in [0.15, 0.2) is 18.3 Å². The maximum absolute atomic E-state index is 12.0. The van der Waals surface area contributed by atoms with E-state index in [1.54, 1.807) is 6.20 Å². The zero-order valence-electron chi connectivity index (χ0n) is 10.4. The number of likely N-dealkylation sites (tertiary alicyclic amines) is 1. The number of hydrogen-bond donors (Lipinski definition) is 1. The molecule has 2 amide bonds. The lowest BCUT2D eigenvalue weighted by Gasteiger charge is -2.30. The van der Waals surface area contributed by atoms with Crippen LogP contribution in [0.5, 0.6) is 0 Å². The lowest BCUT2D eigenvalue weighted by Crippen LogP contribution is -2.41. The monoisotopic (exact) mass is 233 g/mol. The standard InChI is InChI=1S/C13H19N3O/c1-10-5-4-8-16(9-10)13(17)15-12-11(2)6-3-7-14-12/h3,6-7,10H,4-5,8-9H2,1-2H3,(H,14,15,17). The summed E-state index contributed by atoms with van der Waals surface area (Å²) in [5, 5.41) is 2.88. The largest absolute Gasteiger partial charge is 0.324 e. The van der Waals surface area contributed by atoms with E-state index in [0.29, 0.717) is 11.7 Å². The molecule has 1 aromatic rings. The summed E-state index contributed by atoms with van der Waals surface area (Å²) in [4.78, 5) is 18.1. The SMILES string of the molecule is Cc1cccnc1NC(=O)N1CCCC(C)C1. The fourth-order valence-electron chi connectivity index (χ4n) is 2.17. The van der Waals surface area contributed by atoms with Crippen molar-refractivity contribution in [1.82, 2.24) is 9.88 Å². The molecule has 2 rings (SSSR count). The Morgan fingerprint density at radius 1 is 1.59 bits per heavy atom. The van der Waals surface area contributed by atoms with Crippen molar-refractivity contribution in [3.05, 3.63) is 23.9 Å². The minimum absolute atomic E-state index is 0.0293. The lowest BCUT2D eigenvalue weighted by atomic mass is 10.0. The van der Waals surface area contributed by atoms with Crippen LogP contribution in [0.1, 0.15) is 25.3 Å². The van der Waals surface area contributed by atoms with Crippen molar-refractivity contribution in [2.24, 2.45) is 5.92 Å². The number of aryl methyl sites for hydroxylation is 1. The van der Waals surface area contributed by atoms with Gasteiger partial charge in [0.25, 0.3) is 0 Å². The van der Waals surface area contributed by atoms with Gasteiger partial charge in [0.1, 0.15) is 5.82 Å². The molecule has 1 atom stereocenters. The summed E-state index contributed by atoms with van der Waals surface area (Å²) in [6.07, 6.45) is 4.00. The van der Waals surface area contributed by atoms with Gasteiger partial charge in [0.2, 0.25) is 0 Å². The first kappa shape index (κ1) is 11.9. The van der Waals surface area contributed by atoms with Crippen LogP contribution >= 0.6 is 0 Å². The fourth-order valence-corrected chi connectivity index (χ4v) is 2.17. The van der Waals surface area contributed by atoms with Crippen LogP contribution in [0, 0.1) is 12.8 Å². The summed E-state index contributed by atoms with van der Waals surface area (Å²) < 4.78 is 0. The highest BCUT2D eigenvalue weighted by molar-refractivity contribution is 5.89. The predicted octanol–water partition coefficient (Wildman–Crippen LogP) is 2.65. The number of urea groups is 1. The molecule has 1 aromatic heterocycles. The van der Waals surface area contributed by atoms with Gasteiger partial charge in [0, 0.05) is 19.3 Å². The first-order valence-electron chi connectivity index (χ1n) is 6.14. The maximum atomic E-state index is 12.0. The number of nitrogens with zero attached hydrogens (tertiary/aromatic N) is 2. The van der Waals surface area contributed by atoms with Crippen LogP contribution in [-0.2, 0) is 0 Å². The maximum Gasteiger partial charge on any atom is 0.323 e. The molecule has 4 heteroatoms. The van der Waals surface area contributed by atoms with Crippen molar-refractivity contribution in [3.8, 4) is 0 Å². The first-order valence-corrected chi connectivity index (χ1v) is 6.14.